The van der Waals surface area contributed by atoms with Gasteiger partial charge in [0.05, 0.1) is 39.6 Å². The molecule has 0 aliphatic carbocycles. The highest BCUT2D eigenvalue weighted by Crippen LogP contribution is 2.42. The van der Waals surface area contributed by atoms with Gasteiger partial charge in [0.1, 0.15) is 109 Å². The van der Waals surface area contributed by atoms with Gasteiger partial charge in [0.15, 0.2) is 31.5 Å². The summed E-state index contributed by atoms with van der Waals surface area (Å²) in [7, 11) is 0. The number of aliphatic carboxylic acids is 1. The normalized spacial score (nSPS) is 32.1. The van der Waals surface area contributed by atoms with E-state index in [1.54, 1.807) is 24.3 Å². The number of carboxylic acids is 1. The number of benzene rings is 5. The van der Waals surface area contributed by atoms with Gasteiger partial charge in [-0.15, -0.1) is 0 Å². The minimum Gasteiger partial charge on any atom is -0.480 e. The molecule has 81 heavy (non-hydrogen) atoms. The van der Waals surface area contributed by atoms with Crippen molar-refractivity contribution in [3.05, 3.63) is 178 Å². The summed E-state index contributed by atoms with van der Waals surface area (Å²) in [5.41, 5.74) is 1.04. The molecule has 5 saturated heterocycles. The van der Waals surface area contributed by atoms with E-state index in [4.69, 9.17) is 61.6 Å². The van der Waals surface area contributed by atoms with Crippen molar-refractivity contribution in [2.24, 2.45) is 0 Å². The van der Waals surface area contributed by atoms with Crippen molar-refractivity contribution in [2.45, 2.75) is 131 Å². The van der Waals surface area contributed by atoms with E-state index in [-0.39, 0.29) is 43.1 Å². The number of nitrogens with one attached hydrogen (secondary N) is 1. The third-order valence-electron chi connectivity index (χ3n) is 14.1. The molecule has 24 heteroatoms. The van der Waals surface area contributed by atoms with Gasteiger partial charge >= 0.3 is 5.97 Å². The van der Waals surface area contributed by atoms with Crippen LogP contribution in [0, 0.1) is 29.1 Å². The quantitative estimate of drug-likeness (QED) is 0.0699. The van der Waals surface area contributed by atoms with E-state index in [1.165, 1.54) is 97.1 Å². The molecule has 5 fully saturated rings. The highest BCUT2D eigenvalue weighted by molar-refractivity contribution is 5.73. The molecule has 1 amide bonds. The number of amides is 1. The van der Waals surface area contributed by atoms with E-state index in [9.17, 15) is 33.7 Å². The summed E-state index contributed by atoms with van der Waals surface area (Å²) < 4.78 is 157. The van der Waals surface area contributed by atoms with E-state index in [0.717, 1.165) is 6.92 Å². The third-order valence-corrected chi connectivity index (χ3v) is 14.1. The second kappa shape index (κ2) is 26.6. The zero-order valence-corrected chi connectivity index (χ0v) is 43.2. The molecule has 0 radical (unpaired) electrons. The highest BCUT2D eigenvalue weighted by atomic mass is 19.1. The van der Waals surface area contributed by atoms with Crippen molar-refractivity contribution in [3.8, 4) is 0 Å². The van der Waals surface area contributed by atoms with Gasteiger partial charge in [-0.05, 0) is 48.0 Å². The monoisotopic (exact) mass is 1140 g/mol. The predicted octanol–water partition coefficient (Wildman–Crippen LogP) is 5.57. The molecule has 5 heterocycles. The van der Waals surface area contributed by atoms with Crippen LogP contribution in [0.3, 0.4) is 0 Å². The Morgan fingerprint density at radius 3 is 1.84 bits per heavy atom. The first-order valence-electron chi connectivity index (χ1n) is 26.0. The standard InChI is InChI=1S/C57H58F5NO18/c1-29(64)63-44-45(67)47(40(75-55(44)74-28-43(65)66)25-69-22-30-17-19-34(58)20-18-30)78-56-46(68)50(48-41(76-56)27-73-54(80-48)36-13-4-7-16-39(36)62)81-57-52(71-24-33-10-3-6-15-38(33)61)51(70-23-32-9-2-5-14-37(32)60)49-42(77-57)26-72-53(79-49)31-11-8-12-35(59)21-31/h2-21,40-42,44-57,67-68H,22-28H2,1H3,(H,63,64)(H,65,66)/t40-,41-,42-,44-,45-,46-,47-,48+,49+,50-,51+,52-,53+,54+,55+,56-,57-/m1/s1. The van der Waals surface area contributed by atoms with Crippen LogP contribution in [0.1, 0.15) is 47.3 Å². The average Bonchev–Trinajstić information content (AvgIpc) is 3.64. The number of aliphatic hydroxyl groups is 2. The lowest BCUT2D eigenvalue weighted by Gasteiger charge is -2.53. The number of carbonyl (C=O) groups excluding carboxylic acids is 1. The van der Waals surface area contributed by atoms with Gasteiger partial charge in [-0.1, -0.05) is 78.9 Å². The fourth-order valence-electron chi connectivity index (χ4n) is 10.2. The molecule has 0 unspecified atom stereocenters. The van der Waals surface area contributed by atoms with Crippen molar-refractivity contribution in [2.75, 3.05) is 26.4 Å². The van der Waals surface area contributed by atoms with E-state index in [0.29, 0.717) is 11.1 Å². The predicted molar refractivity (Wildman–Crippen MR) is 265 cm³/mol. The van der Waals surface area contributed by atoms with Gasteiger partial charge in [-0.3, -0.25) is 4.79 Å². The summed E-state index contributed by atoms with van der Waals surface area (Å²) in [5, 5.41) is 36.9. The number of hydrogen-bond donors (Lipinski definition) is 4. The number of halogens is 5. The number of fused-ring (bicyclic) bond motifs is 2. The zero-order valence-electron chi connectivity index (χ0n) is 43.2. The van der Waals surface area contributed by atoms with Gasteiger partial charge in [0, 0.05) is 29.2 Å². The first-order valence-corrected chi connectivity index (χ1v) is 26.0. The second-order valence-corrected chi connectivity index (χ2v) is 19.7. The third kappa shape index (κ3) is 14.0. The Labute approximate surface area is 460 Å². The maximum Gasteiger partial charge on any atom is 0.329 e. The van der Waals surface area contributed by atoms with Gasteiger partial charge in [-0.2, -0.15) is 0 Å². The lowest BCUT2D eigenvalue weighted by molar-refractivity contribution is -0.416. The SMILES string of the molecule is CC(=O)N[C@H]1[C@@H](OCC(=O)O)O[C@H](COCc2ccc(F)cc2)[C@@H](O[C@H]2O[C@@H]3CO[C@H](c4ccccc4F)O[C@@H]3[C@H](O[C@H]3O[C@@H]4CO[C@H](c5cccc(F)c5)O[C@@H]4[C@H](OCc4ccccc4F)[C@H]3OCc3ccccc3F)[C@H]2O)[C@@H]1O. The number of ether oxygens (including phenoxy) is 13. The molecule has 5 aliphatic heterocycles. The smallest absolute Gasteiger partial charge is 0.329 e. The Morgan fingerprint density at radius 1 is 0.580 bits per heavy atom. The first-order chi connectivity index (χ1) is 39.2. The van der Waals surface area contributed by atoms with Crippen molar-refractivity contribution in [3.63, 3.8) is 0 Å². The molecule has 19 nitrogen and oxygen atoms in total. The summed E-state index contributed by atoms with van der Waals surface area (Å²) in [6, 6.07) is 26.7. The molecule has 5 aromatic carbocycles. The highest BCUT2D eigenvalue weighted by Gasteiger charge is 2.58. The molecule has 5 aromatic rings. The molecule has 5 aliphatic rings. The van der Waals surface area contributed by atoms with Crippen LogP contribution in [0.4, 0.5) is 22.0 Å². The molecule has 17 atom stereocenters. The Morgan fingerprint density at radius 2 is 1.19 bits per heavy atom. The van der Waals surface area contributed by atoms with Crippen LogP contribution in [0.25, 0.3) is 0 Å². The molecule has 434 valence electrons. The van der Waals surface area contributed by atoms with Crippen molar-refractivity contribution < 1.29 is 108 Å². The first kappa shape index (κ1) is 58.3. The number of aliphatic hydroxyl groups excluding tert-OH is 2. The number of carbonyl (C=O) groups is 2. The van der Waals surface area contributed by atoms with E-state index >= 15 is 13.2 Å². The lowest BCUT2D eigenvalue weighted by atomic mass is 9.94. The summed E-state index contributed by atoms with van der Waals surface area (Å²) in [6.07, 6.45) is -23.9. The average molecular weight is 1140 g/mol. The summed E-state index contributed by atoms with van der Waals surface area (Å²) in [5.74, 6) is -5.08. The molecule has 0 bridgehead atoms. The molecule has 0 spiro atoms. The zero-order chi connectivity index (χ0) is 56.7. The maximum absolute atomic E-state index is 15.5. The molecular weight excluding hydrogens is 1080 g/mol. The van der Waals surface area contributed by atoms with E-state index in [1.807, 2.05) is 0 Å². The van der Waals surface area contributed by atoms with Gasteiger partial charge in [-0.25, -0.2) is 26.7 Å². The van der Waals surface area contributed by atoms with Crippen LogP contribution in [-0.4, -0.2) is 146 Å². The molecule has 10 rings (SSSR count). The Kier molecular flexibility index (Phi) is 19.1. The summed E-state index contributed by atoms with van der Waals surface area (Å²) >= 11 is 0. The van der Waals surface area contributed by atoms with Gasteiger partial charge < -0.3 is 82.2 Å². The van der Waals surface area contributed by atoms with Crippen LogP contribution in [0.5, 0.6) is 0 Å². The fourth-order valence-corrected chi connectivity index (χ4v) is 10.2. The van der Waals surface area contributed by atoms with E-state index in [2.05, 4.69) is 5.32 Å². The Balaban J connectivity index is 1.00. The van der Waals surface area contributed by atoms with Crippen LogP contribution < -0.4 is 5.32 Å². The largest absolute Gasteiger partial charge is 0.480 e. The molecular formula is C57H58F5NO18. The Hall–Kier alpha value is -5.91. The summed E-state index contributed by atoms with van der Waals surface area (Å²) in [4.78, 5) is 24.3. The van der Waals surface area contributed by atoms with Crippen LogP contribution in [-0.2, 0) is 91.0 Å². The van der Waals surface area contributed by atoms with Crippen LogP contribution in [0.2, 0.25) is 0 Å². The van der Waals surface area contributed by atoms with Crippen LogP contribution >= 0.6 is 0 Å². The summed E-state index contributed by atoms with van der Waals surface area (Å²) in [6.45, 7) is -1.73. The minimum absolute atomic E-state index is 0.0222. The maximum atomic E-state index is 15.5. The fraction of sp³-hybridized carbons (Fsp3) is 0.439. The lowest BCUT2D eigenvalue weighted by Crippen LogP contribution is -2.69. The topological polar surface area (TPSA) is 227 Å². The molecule has 0 aromatic heterocycles. The minimum atomic E-state index is -1.98. The van der Waals surface area contributed by atoms with Crippen molar-refractivity contribution in [1.29, 1.82) is 0 Å². The number of hydrogen-bond acceptors (Lipinski definition) is 17. The van der Waals surface area contributed by atoms with Gasteiger partial charge in [0.25, 0.3) is 0 Å². The molecule has 0 saturated carbocycles. The number of carboxylic acid groups (broad SMARTS) is 1. The Bertz CT molecular complexity index is 2910. The van der Waals surface area contributed by atoms with Crippen molar-refractivity contribution in [1.82, 2.24) is 5.32 Å². The second-order valence-electron chi connectivity index (χ2n) is 19.7. The van der Waals surface area contributed by atoms with Gasteiger partial charge in [0.2, 0.25) is 5.91 Å². The van der Waals surface area contributed by atoms with Crippen molar-refractivity contribution >= 4 is 11.9 Å². The molecule has 4 N–H and O–H groups in total. The van der Waals surface area contributed by atoms with Crippen LogP contribution in [0.15, 0.2) is 121 Å². The van der Waals surface area contributed by atoms with E-state index < -0.39 is 165 Å². The number of rotatable bonds is 20.